The molecule has 0 bridgehead atoms. The summed E-state index contributed by atoms with van der Waals surface area (Å²) in [6.45, 7) is 0. The third-order valence-corrected chi connectivity index (χ3v) is 7.39. The van der Waals surface area contributed by atoms with Gasteiger partial charge in [-0.15, -0.1) is 11.3 Å². The second kappa shape index (κ2) is 6.18. The van der Waals surface area contributed by atoms with E-state index >= 15 is 0 Å². The van der Waals surface area contributed by atoms with Gasteiger partial charge in [-0.05, 0) is 30.3 Å². The lowest BCUT2D eigenvalue weighted by Gasteiger charge is -2.10. The van der Waals surface area contributed by atoms with Gasteiger partial charge in [0.15, 0.2) is 0 Å². The highest BCUT2D eigenvalue weighted by Crippen LogP contribution is 2.43. The molecule has 0 saturated carbocycles. The van der Waals surface area contributed by atoms with Crippen molar-refractivity contribution in [1.29, 1.82) is 0 Å². The summed E-state index contributed by atoms with van der Waals surface area (Å²) in [5.74, 6) is 0. The van der Waals surface area contributed by atoms with Crippen LogP contribution in [0.1, 0.15) is 0 Å². The predicted octanol–water partition coefficient (Wildman–Crippen LogP) is 8.68. The number of hydrogen-bond donors (Lipinski definition) is 0. The number of thiophene rings is 1. The van der Waals surface area contributed by atoms with E-state index in [0.29, 0.717) is 0 Å². The topological polar surface area (TPSA) is 4.93 Å². The van der Waals surface area contributed by atoms with Crippen molar-refractivity contribution in [2.75, 3.05) is 0 Å². The average Bonchev–Trinajstić information content (AvgIpc) is 3.23. The van der Waals surface area contributed by atoms with Gasteiger partial charge in [0.1, 0.15) is 0 Å². The van der Waals surface area contributed by atoms with Crippen molar-refractivity contribution in [2.24, 2.45) is 0 Å². The molecule has 4 heteroatoms. The number of nitrogens with zero attached hydrogens (tertiary/aromatic N) is 1. The van der Waals surface area contributed by atoms with Crippen LogP contribution in [0, 0.1) is 0 Å². The maximum absolute atomic E-state index is 3.66. The van der Waals surface area contributed by atoms with Crippen LogP contribution >= 0.6 is 43.2 Å². The molecular formula is C24H13Br2NS. The summed E-state index contributed by atoms with van der Waals surface area (Å²) in [5, 5.41) is 5.24. The summed E-state index contributed by atoms with van der Waals surface area (Å²) >= 11 is 9.21. The minimum Gasteiger partial charge on any atom is -0.308 e. The lowest BCUT2D eigenvalue weighted by Crippen LogP contribution is -1.94. The molecule has 0 unspecified atom stereocenters. The monoisotopic (exact) mass is 505 g/mol. The van der Waals surface area contributed by atoms with Crippen molar-refractivity contribution in [3.63, 3.8) is 0 Å². The molecule has 0 N–H and O–H groups in total. The van der Waals surface area contributed by atoms with E-state index in [9.17, 15) is 0 Å². The van der Waals surface area contributed by atoms with Gasteiger partial charge in [0.25, 0.3) is 0 Å². The van der Waals surface area contributed by atoms with Crippen molar-refractivity contribution >= 4 is 85.2 Å². The fourth-order valence-corrected chi connectivity index (χ4v) is 6.68. The molecule has 2 aromatic heterocycles. The standard InChI is InChI=1S/C24H13Br2NS/c25-14-11-15(26)13-16(12-14)27-21-7-3-1-5-17(21)19-9-10-20-18-6-2-4-8-22(18)28-24(20)23(19)27/h1-13H. The molecule has 4 aromatic carbocycles. The second-order valence-electron chi connectivity index (χ2n) is 6.92. The van der Waals surface area contributed by atoms with Gasteiger partial charge in [-0.1, -0.05) is 80.4 Å². The Morgan fingerprint density at radius 1 is 0.643 bits per heavy atom. The summed E-state index contributed by atoms with van der Waals surface area (Å²) < 4.78 is 7.19. The lowest BCUT2D eigenvalue weighted by molar-refractivity contribution is 1.18. The van der Waals surface area contributed by atoms with Crippen LogP contribution in [0.3, 0.4) is 0 Å². The highest BCUT2D eigenvalue weighted by molar-refractivity contribution is 9.11. The van der Waals surface area contributed by atoms with E-state index in [1.54, 1.807) is 0 Å². The Kier molecular flexibility index (Phi) is 3.70. The minimum atomic E-state index is 1.06. The number of rotatable bonds is 1. The zero-order valence-electron chi connectivity index (χ0n) is 14.6. The van der Waals surface area contributed by atoms with Crippen LogP contribution in [0.15, 0.2) is 87.8 Å². The zero-order chi connectivity index (χ0) is 18.8. The first-order valence-electron chi connectivity index (χ1n) is 9.00. The van der Waals surface area contributed by atoms with E-state index in [-0.39, 0.29) is 0 Å². The minimum absolute atomic E-state index is 1.06. The highest BCUT2D eigenvalue weighted by atomic mass is 79.9. The first-order chi connectivity index (χ1) is 13.7. The van der Waals surface area contributed by atoms with E-state index < -0.39 is 0 Å². The van der Waals surface area contributed by atoms with Gasteiger partial charge in [0.2, 0.25) is 0 Å². The zero-order valence-corrected chi connectivity index (χ0v) is 18.6. The van der Waals surface area contributed by atoms with Crippen LogP contribution in [-0.2, 0) is 0 Å². The van der Waals surface area contributed by atoms with E-state index in [1.807, 2.05) is 11.3 Å². The number of benzene rings is 4. The molecule has 28 heavy (non-hydrogen) atoms. The van der Waals surface area contributed by atoms with Crippen LogP contribution in [0.25, 0.3) is 47.7 Å². The fourth-order valence-electron chi connectivity index (χ4n) is 4.17. The molecule has 0 radical (unpaired) electrons. The van der Waals surface area contributed by atoms with Gasteiger partial charge >= 0.3 is 0 Å². The molecule has 0 fully saturated rings. The van der Waals surface area contributed by atoms with E-state index in [1.165, 1.54) is 42.0 Å². The summed E-state index contributed by atoms with van der Waals surface area (Å²) in [5.41, 5.74) is 3.66. The number of halogens is 2. The van der Waals surface area contributed by atoms with Crippen LogP contribution in [0.5, 0.6) is 0 Å². The van der Waals surface area contributed by atoms with Gasteiger partial charge in [-0.2, -0.15) is 0 Å². The molecule has 0 amide bonds. The van der Waals surface area contributed by atoms with Crippen molar-refractivity contribution in [1.82, 2.24) is 4.57 Å². The maximum atomic E-state index is 3.66. The number of para-hydroxylation sites is 1. The third kappa shape index (κ3) is 2.35. The Hall–Kier alpha value is -2.14. The fraction of sp³-hybridized carbons (Fsp3) is 0. The van der Waals surface area contributed by atoms with Gasteiger partial charge < -0.3 is 4.57 Å². The molecule has 0 saturated heterocycles. The van der Waals surface area contributed by atoms with Crippen molar-refractivity contribution in [2.45, 2.75) is 0 Å². The van der Waals surface area contributed by atoms with E-state index in [4.69, 9.17) is 0 Å². The van der Waals surface area contributed by atoms with Crippen molar-refractivity contribution in [3.8, 4) is 5.69 Å². The molecule has 6 rings (SSSR count). The van der Waals surface area contributed by atoms with Crippen molar-refractivity contribution in [3.05, 3.63) is 87.8 Å². The van der Waals surface area contributed by atoms with Crippen LogP contribution in [-0.4, -0.2) is 4.57 Å². The Morgan fingerprint density at radius 2 is 1.32 bits per heavy atom. The Bertz CT molecular complexity index is 1520. The summed E-state index contributed by atoms with van der Waals surface area (Å²) in [6, 6.07) is 28.4. The number of fused-ring (bicyclic) bond motifs is 7. The molecule has 0 atom stereocenters. The maximum Gasteiger partial charge on any atom is 0.0719 e. The third-order valence-electron chi connectivity index (χ3n) is 5.28. The first kappa shape index (κ1) is 16.8. The van der Waals surface area contributed by atoms with Crippen LogP contribution < -0.4 is 0 Å². The molecule has 134 valence electrons. The molecule has 1 nitrogen and oxygen atoms in total. The largest absolute Gasteiger partial charge is 0.308 e. The van der Waals surface area contributed by atoms with Crippen molar-refractivity contribution < 1.29 is 0 Å². The van der Waals surface area contributed by atoms with Gasteiger partial charge in [-0.3, -0.25) is 0 Å². The molecule has 2 heterocycles. The van der Waals surface area contributed by atoms with Crippen LogP contribution in [0.4, 0.5) is 0 Å². The number of hydrogen-bond acceptors (Lipinski definition) is 1. The molecule has 0 aliphatic rings. The lowest BCUT2D eigenvalue weighted by atomic mass is 10.1. The first-order valence-corrected chi connectivity index (χ1v) is 11.4. The van der Waals surface area contributed by atoms with E-state index in [2.05, 4.69) is 115 Å². The summed E-state index contributed by atoms with van der Waals surface area (Å²) in [6.07, 6.45) is 0. The number of aromatic nitrogens is 1. The summed E-state index contributed by atoms with van der Waals surface area (Å²) in [7, 11) is 0. The molecule has 0 aliphatic heterocycles. The summed E-state index contributed by atoms with van der Waals surface area (Å²) in [4.78, 5) is 0. The Morgan fingerprint density at radius 3 is 2.14 bits per heavy atom. The Labute approximate surface area is 182 Å². The SMILES string of the molecule is Brc1cc(Br)cc(-n2c3ccccc3c3ccc4c5ccccc5sc4c32)c1. The van der Waals surface area contributed by atoms with E-state index in [0.717, 1.165) is 14.6 Å². The average molecular weight is 507 g/mol. The quantitative estimate of drug-likeness (QED) is 0.210. The second-order valence-corrected chi connectivity index (χ2v) is 9.80. The normalized spacial score (nSPS) is 11.9. The smallest absolute Gasteiger partial charge is 0.0719 e. The molecule has 6 aromatic rings. The van der Waals surface area contributed by atoms with Gasteiger partial charge in [-0.25, -0.2) is 0 Å². The molecular weight excluding hydrogens is 494 g/mol. The highest BCUT2D eigenvalue weighted by Gasteiger charge is 2.17. The van der Waals surface area contributed by atoms with Gasteiger partial charge in [0.05, 0.1) is 15.7 Å². The Balaban J connectivity index is 1.89. The molecule has 0 spiro atoms. The van der Waals surface area contributed by atoms with Gasteiger partial charge in [0, 0.05) is 40.9 Å². The molecule has 0 aliphatic carbocycles. The van der Waals surface area contributed by atoms with Crippen LogP contribution in [0.2, 0.25) is 0 Å². The predicted molar refractivity (Wildman–Crippen MR) is 129 cm³/mol.